The van der Waals surface area contributed by atoms with Crippen LogP contribution in [-0.2, 0) is 0 Å². The molecule has 0 saturated carbocycles. The van der Waals surface area contributed by atoms with E-state index in [0.29, 0.717) is 5.56 Å². The van der Waals surface area contributed by atoms with Crippen molar-refractivity contribution < 1.29 is 4.79 Å². The summed E-state index contributed by atoms with van der Waals surface area (Å²) < 4.78 is 0. The molecule has 1 N–H and O–H groups in total. The average Bonchev–Trinajstić information content (AvgIpc) is 2.42. The normalized spacial score (nSPS) is 10.9. The van der Waals surface area contributed by atoms with Gasteiger partial charge in [-0.2, -0.15) is 5.10 Å². The largest absolute Gasteiger partial charge is 0.271 e. The second-order valence-electron chi connectivity index (χ2n) is 5.38. The molecule has 3 nitrogen and oxygen atoms in total. The third kappa shape index (κ3) is 3.78. The zero-order valence-electron chi connectivity index (χ0n) is 12.9. The number of nitrogens with one attached hydrogen (secondary N) is 1. The van der Waals surface area contributed by atoms with Crippen molar-refractivity contribution >= 4 is 12.1 Å². The average molecular weight is 280 g/mol. The van der Waals surface area contributed by atoms with E-state index in [4.69, 9.17) is 0 Å². The maximum absolute atomic E-state index is 11.9. The Morgan fingerprint density at radius 1 is 0.952 bits per heavy atom. The van der Waals surface area contributed by atoms with Crippen LogP contribution >= 0.6 is 0 Å². The lowest BCUT2D eigenvalue weighted by Gasteiger charge is -2.06. The van der Waals surface area contributed by atoms with Crippen molar-refractivity contribution in [3.8, 4) is 0 Å². The summed E-state index contributed by atoms with van der Waals surface area (Å²) in [5.41, 5.74) is 8.88. The van der Waals surface area contributed by atoms with Crippen LogP contribution in [0.3, 0.4) is 0 Å². The second-order valence-corrected chi connectivity index (χ2v) is 5.38. The van der Waals surface area contributed by atoms with Gasteiger partial charge in [-0.1, -0.05) is 35.4 Å². The molecule has 1 amide bonds. The van der Waals surface area contributed by atoms with E-state index in [-0.39, 0.29) is 5.91 Å². The first-order chi connectivity index (χ1) is 9.97. The highest BCUT2D eigenvalue weighted by Crippen LogP contribution is 2.14. The van der Waals surface area contributed by atoms with Crippen LogP contribution in [-0.4, -0.2) is 12.1 Å². The molecule has 21 heavy (non-hydrogen) atoms. The van der Waals surface area contributed by atoms with Crippen molar-refractivity contribution in [3.63, 3.8) is 0 Å². The van der Waals surface area contributed by atoms with E-state index >= 15 is 0 Å². The van der Waals surface area contributed by atoms with Crippen LogP contribution in [0.5, 0.6) is 0 Å². The molecule has 0 radical (unpaired) electrons. The van der Waals surface area contributed by atoms with Crippen molar-refractivity contribution in [1.29, 1.82) is 0 Å². The first kappa shape index (κ1) is 15.0. The maximum Gasteiger partial charge on any atom is 0.271 e. The molecular formula is C18H20N2O. The van der Waals surface area contributed by atoms with Gasteiger partial charge in [0.05, 0.1) is 6.21 Å². The van der Waals surface area contributed by atoms with E-state index in [1.807, 2.05) is 32.9 Å². The predicted octanol–water partition coefficient (Wildman–Crippen LogP) is 3.68. The van der Waals surface area contributed by atoms with Gasteiger partial charge in [-0.25, -0.2) is 5.43 Å². The minimum atomic E-state index is -0.200. The molecule has 0 aliphatic heterocycles. The van der Waals surface area contributed by atoms with E-state index in [2.05, 4.69) is 29.6 Å². The first-order valence-electron chi connectivity index (χ1n) is 6.95. The van der Waals surface area contributed by atoms with Crippen LogP contribution < -0.4 is 5.43 Å². The second kappa shape index (κ2) is 6.35. The third-order valence-electron chi connectivity index (χ3n) is 3.41. The molecule has 0 bridgehead atoms. The Kier molecular flexibility index (Phi) is 4.53. The van der Waals surface area contributed by atoms with Gasteiger partial charge in [0.15, 0.2) is 0 Å². The number of hydrogen-bond acceptors (Lipinski definition) is 2. The van der Waals surface area contributed by atoms with Crippen molar-refractivity contribution in [3.05, 3.63) is 69.8 Å². The lowest BCUT2D eigenvalue weighted by Crippen LogP contribution is -2.17. The topological polar surface area (TPSA) is 41.5 Å². The summed E-state index contributed by atoms with van der Waals surface area (Å²) >= 11 is 0. The lowest BCUT2D eigenvalue weighted by molar-refractivity contribution is 0.0955. The molecule has 0 aliphatic carbocycles. The van der Waals surface area contributed by atoms with E-state index < -0.39 is 0 Å². The number of rotatable bonds is 3. The van der Waals surface area contributed by atoms with Crippen LogP contribution in [0, 0.1) is 27.7 Å². The van der Waals surface area contributed by atoms with Crippen LogP contribution in [0.1, 0.15) is 38.2 Å². The number of hydrazone groups is 1. The molecule has 0 spiro atoms. The Labute approximate surface area is 125 Å². The number of amides is 1. The highest BCUT2D eigenvalue weighted by atomic mass is 16.2. The van der Waals surface area contributed by atoms with Crippen molar-refractivity contribution in [2.75, 3.05) is 0 Å². The molecule has 0 saturated heterocycles. The smallest absolute Gasteiger partial charge is 0.267 e. The summed E-state index contributed by atoms with van der Waals surface area (Å²) in [7, 11) is 0. The zero-order valence-corrected chi connectivity index (χ0v) is 12.9. The summed E-state index contributed by atoms with van der Waals surface area (Å²) in [6.45, 7) is 8.15. The Morgan fingerprint density at radius 2 is 1.52 bits per heavy atom. The van der Waals surface area contributed by atoms with Gasteiger partial charge >= 0.3 is 0 Å². The van der Waals surface area contributed by atoms with Gasteiger partial charge in [0.25, 0.3) is 5.91 Å². The number of carbonyl (C=O) groups is 1. The minimum Gasteiger partial charge on any atom is -0.267 e. The summed E-state index contributed by atoms with van der Waals surface area (Å²) in [4.78, 5) is 11.9. The van der Waals surface area contributed by atoms with Gasteiger partial charge in [0.1, 0.15) is 0 Å². The third-order valence-corrected chi connectivity index (χ3v) is 3.41. The maximum atomic E-state index is 11.9. The fourth-order valence-corrected chi connectivity index (χ4v) is 2.32. The van der Waals surface area contributed by atoms with Crippen molar-refractivity contribution in [1.82, 2.24) is 5.43 Å². The first-order valence-corrected chi connectivity index (χ1v) is 6.95. The van der Waals surface area contributed by atoms with Gasteiger partial charge in [-0.05, 0) is 51.0 Å². The van der Waals surface area contributed by atoms with Crippen LogP contribution in [0.2, 0.25) is 0 Å². The molecule has 0 heterocycles. The molecule has 0 unspecified atom stereocenters. The number of benzene rings is 2. The minimum absolute atomic E-state index is 0.200. The fourth-order valence-electron chi connectivity index (χ4n) is 2.32. The highest BCUT2D eigenvalue weighted by Gasteiger charge is 2.04. The number of nitrogens with zero attached hydrogens (tertiary/aromatic N) is 1. The highest BCUT2D eigenvalue weighted by molar-refractivity contribution is 5.95. The van der Waals surface area contributed by atoms with Crippen LogP contribution in [0.25, 0.3) is 0 Å². The Morgan fingerprint density at radius 3 is 2.10 bits per heavy atom. The van der Waals surface area contributed by atoms with E-state index in [9.17, 15) is 4.79 Å². The zero-order chi connectivity index (χ0) is 15.4. The van der Waals surface area contributed by atoms with Gasteiger partial charge in [0.2, 0.25) is 0 Å². The molecule has 2 rings (SSSR count). The van der Waals surface area contributed by atoms with Crippen LogP contribution in [0.4, 0.5) is 0 Å². The van der Waals surface area contributed by atoms with E-state index in [1.165, 1.54) is 5.56 Å². The van der Waals surface area contributed by atoms with E-state index in [0.717, 1.165) is 22.3 Å². The standard InChI is InChI=1S/C18H20N2O/c1-12-5-7-16(8-6-12)18(21)20-19-11-17-14(3)9-13(2)10-15(17)4/h5-11H,1-4H3,(H,20,21)/b19-11-. The summed E-state index contributed by atoms with van der Waals surface area (Å²) in [5.74, 6) is -0.200. The van der Waals surface area contributed by atoms with Crippen molar-refractivity contribution in [2.24, 2.45) is 5.10 Å². The monoisotopic (exact) mass is 280 g/mol. The Hall–Kier alpha value is -2.42. The molecule has 3 heteroatoms. The summed E-state index contributed by atoms with van der Waals surface area (Å²) in [6.07, 6.45) is 1.70. The van der Waals surface area contributed by atoms with Crippen molar-refractivity contribution in [2.45, 2.75) is 27.7 Å². The quantitative estimate of drug-likeness (QED) is 0.676. The number of hydrogen-bond donors (Lipinski definition) is 1. The number of carbonyl (C=O) groups excluding carboxylic acids is 1. The summed E-state index contributed by atoms with van der Waals surface area (Å²) in [6, 6.07) is 11.6. The molecule has 2 aromatic carbocycles. The molecule has 0 fully saturated rings. The number of aryl methyl sites for hydroxylation is 4. The van der Waals surface area contributed by atoms with Gasteiger partial charge in [-0.3, -0.25) is 4.79 Å². The van der Waals surface area contributed by atoms with Gasteiger partial charge in [-0.15, -0.1) is 0 Å². The van der Waals surface area contributed by atoms with Gasteiger partial charge in [0, 0.05) is 11.1 Å². The fraction of sp³-hybridized carbons (Fsp3) is 0.222. The molecule has 0 atom stereocenters. The summed E-state index contributed by atoms with van der Waals surface area (Å²) in [5, 5.41) is 4.07. The van der Waals surface area contributed by atoms with Crippen LogP contribution in [0.15, 0.2) is 41.5 Å². The molecule has 2 aromatic rings. The van der Waals surface area contributed by atoms with Gasteiger partial charge < -0.3 is 0 Å². The molecular weight excluding hydrogens is 260 g/mol. The molecule has 0 aliphatic rings. The van der Waals surface area contributed by atoms with E-state index in [1.54, 1.807) is 18.3 Å². The molecule has 0 aromatic heterocycles. The Balaban J connectivity index is 2.09. The SMILES string of the molecule is Cc1ccc(C(=O)N/N=C\c2c(C)cc(C)cc2C)cc1. The Bertz CT molecular complexity index is 662. The lowest BCUT2D eigenvalue weighted by atomic mass is 10.0. The molecule has 108 valence electrons. The predicted molar refractivity (Wildman–Crippen MR) is 86.9 cm³/mol.